The third-order valence-electron chi connectivity index (χ3n) is 3.20. The van der Waals surface area contributed by atoms with E-state index in [0.717, 1.165) is 13.0 Å². The first-order chi connectivity index (χ1) is 7.84. The molecule has 1 aliphatic rings. The third-order valence-corrected chi connectivity index (χ3v) is 3.20. The summed E-state index contributed by atoms with van der Waals surface area (Å²) in [6, 6.07) is 0. The zero-order valence-corrected chi connectivity index (χ0v) is 11.5. The molecule has 1 fully saturated rings. The zero-order valence-electron chi connectivity index (χ0n) is 11.5. The summed E-state index contributed by atoms with van der Waals surface area (Å²) in [6.45, 7) is 8.72. The summed E-state index contributed by atoms with van der Waals surface area (Å²) >= 11 is 0. The van der Waals surface area contributed by atoms with Gasteiger partial charge in [0.1, 0.15) is 0 Å². The Balaban J connectivity index is 2.42. The third kappa shape index (κ3) is 4.64. The van der Waals surface area contributed by atoms with E-state index in [2.05, 4.69) is 20.8 Å². The van der Waals surface area contributed by atoms with Crippen LogP contribution in [0.3, 0.4) is 0 Å². The summed E-state index contributed by atoms with van der Waals surface area (Å²) in [5.41, 5.74) is 0.253. The summed E-state index contributed by atoms with van der Waals surface area (Å²) in [7, 11) is 1.56. The molecule has 4 heteroatoms. The normalized spacial score (nSPS) is 26.5. The Morgan fingerprint density at radius 3 is 2.59 bits per heavy atom. The average molecular weight is 244 g/mol. The highest BCUT2D eigenvalue weighted by atomic mass is 16.7. The molecule has 0 aliphatic carbocycles. The molecule has 0 N–H and O–H groups in total. The van der Waals surface area contributed by atoms with Gasteiger partial charge in [-0.2, -0.15) is 0 Å². The van der Waals surface area contributed by atoms with Crippen LogP contribution in [0.15, 0.2) is 0 Å². The number of ether oxygens (including phenoxy) is 3. The minimum atomic E-state index is -0.463. The van der Waals surface area contributed by atoms with Crippen molar-refractivity contribution in [1.82, 2.24) is 0 Å². The number of carbonyl (C=O) groups excluding carboxylic acids is 1. The summed E-state index contributed by atoms with van der Waals surface area (Å²) in [5.74, 6) is 0.0118. The Bertz CT molecular complexity index is 262. The molecule has 1 heterocycles. The van der Waals surface area contributed by atoms with Gasteiger partial charge < -0.3 is 14.2 Å². The molecular formula is C13H24O4. The van der Waals surface area contributed by atoms with Crippen LogP contribution < -0.4 is 0 Å². The molecule has 0 aromatic carbocycles. The van der Waals surface area contributed by atoms with E-state index in [1.807, 2.05) is 0 Å². The second-order valence-electron chi connectivity index (χ2n) is 5.71. The van der Waals surface area contributed by atoms with E-state index in [-0.39, 0.29) is 17.5 Å². The lowest BCUT2D eigenvalue weighted by molar-refractivity contribution is -0.175. The second-order valence-corrected chi connectivity index (χ2v) is 5.71. The van der Waals surface area contributed by atoms with Crippen LogP contribution in [0.2, 0.25) is 0 Å². The van der Waals surface area contributed by atoms with Crippen molar-refractivity contribution < 1.29 is 19.0 Å². The quantitative estimate of drug-likeness (QED) is 0.550. The molecule has 0 aromatic heterocycles. The van der Waals surface area contributed by atoms with Gasteiger partial charge in [-0.25, -0.2) is 0 Å². The molecule has 3 atom stereocenters. The number of hydrogen-bond donors (Lipinski definition) is 0. The van der Waals surface area contributed by atoms with Gasteiger partial charge in [0.2, 0.25) is 6.29 Å². The van der Waals surface area contributed by atoms with E-state index in [4.69, 9.17) is 14.2 Å². The van der Waals surface area contributed by atoms with Gasteiger partial charge in [-0.3, -0.25) is 4.79 Å². The van der Waals surface area contributed by atoms with E-state index in [9.17, 15) is 4.79 Å². The standard InChI is InChI=1S/C13H24O4/c1-9(6-12(15-5)17-10(2)14)11-7-13(3,4)8-16-11/h9,11-12H,6-8H2,1-5H3. The average Bonchev–Trinajstić information content (AvgIpc) is 2.57. The molecule has 17 heavy (non-hydrogen) atoms. The van der Waals surface area contributed by atoms with Crippen LogP contribution in [0.4, 0.5) is 0 Å². The molecule has 0 spiro atoms. The van der Waals surface area contributed by atoms with Crippen LogP contribution in [0.1, 0.15) is 40.5 Å². The number of methoxy groups -OCH3 is 1. The van der Waals surface area contributed by atoms with E-state index in [1.54, 1.807) is 7.11 Å². The molecular weight excluding hydrogens is 220 g/mol. The van der Waals surface area contributed by atoms with Crippen molar-refractivity contribution in [3.05, 3.63) is 0 Å². The predicted molar refractivity (Wildman–Crippen MR) is 64.5 cm³/mol. The van der Waals surface area contributed by atoms with Crippen molar-refractivity contribution >= 4 is 5.97 Å². The van der Waals surface area contributed by atoms with E-state index in [0.29, 0.717) is 12.3 Å². The van der Waals surface area contributed by atoms with Gasteiger partial charge in [-0.05, 0) is 17.8 Å². The highest BCUT2D eigenvalue weighted by molar-refractivity contribution is 5.66. The highest BCUT2D eigenvalue weighted by Crippen LogP contribution is 2.36. The Morgan fingerprint density at radius 1 is 1.53 bits per heavy atom. The maximum Gasteiger partial charge on any atom is 0.304 e. The molecule has 1 aliphatic heterocycles. The molecule has 100 valence electrons. The van der Waals surface area contributed by atoms with Crippen molar-refractivity contribution in [3.8, 4) is 0 Å². The monoisotopic (exact) mass is 244 g/mol. The van der Waals surface area contributed by atoms with Gasteiger partial charge in [0.05, 0.1) is 12.7 Å². The van der Waals surface area contributed by atoms with Crippen LogP contribution in [0.5, 0.6) is 0 Å². The molecule has 0 radical (unpaired) electrons. The summed E-state index contributed by atoms with van der Waals surface area (Å²) in [4.78, 5) is 10.9. The lowest BCUT2D eigenvalue weighted by atomic mass is 9.86. The van der Waals surface area contributed by atoms with E-state index < -0.39 is 6.29 Å². The van der Waals surface area contributed by atoms with Crippen LogP contribution >= 0.6 is 0 Å². The topological polar surface area (TPSA) is 44.8 Å². The fraction of sp³-hybridized carbons (Fsp3) is 0.923. The Morgan fingerprint density at radius 2 is 2.18 bits per heavy atom. The molecule has 3 unspecified atom stereocenters. The second kappa shape index (κ2) is 5.83. The largest absolute Gasteiger partial charge is 0.436 e. The van der Waals surface area contributed by atoms with Crippen molar-refractivity contribution in [3.63, 3.8) is 0 Å². The van der Waals surface area contributed by atoms with Gasteiger partial charge in [0.15, 0.2) is 0 Å². The Kier molecular flexibility index (Phi) is 4.95. The first-order valence-corrected chi connectivity index (χ1v) is 6.15. The SMILES string of the molecule is COC(CC(C)C1CC(C)(C)CO1)OC(C)=O. The van der Waals surface area contributed by atoms with Crippen molar-refractivity contribution in [2.45, 2.75) is 52.9 Å². The van der Waals surface area contributed by atoms with Crippen LogP contribution in [-0.2, 0) is 19.0 Å². The van der Waals surface area contributed by atoms with Gasteiger partial charge in [-0.1, -0.05) is 20.8 Å². The van der Waals surface area contributed by atoms with Crippen LogP contribution in [-0.4, -0.2) is 32.1 Å². The molecule has 0 amide bonds. The number of carbonyl (C=O) groups is 1. The summed E-state index contributed by atoms with van der Waals surface area (Å²) < 4.78 is 16.0. The minimum Gasteiger partial charge on any atom is -0.436 e. The maximum absolute atomic E-state index is 10.9. The van der Waals surface area contributed by atoms with Gasteiger partial charge >= 0.3 is 5.97 Å². The van der Waals surface area contributed by atoms with Crippen LogP contribution in [0.25, 0.3) is 0 Å². The number of hydrogen-bond acceptors (Lipinski definition) is 4. The predicted octanol–water partition coefficient (Wildman–Crippen LogP) is 2.36. The smallest absolute Gasteiger partial charge is 0.304 e. The van der Waals surface area contributed by atoms with Crippen LogP contribution in [0, 0.1) is 11.3 Å². The lowest BCUT2D eigenvalue weighted by Gasteiger charge is -2.23. The first-order valence-electron chi connectivity index (χ1n) is 6.15. The molecule has 0 saturated carbocycles. The van der Waals surface area contributed by atoms with E-state index in [1.165, 1.54) is 6.92 Å². The fourth-order valence-corrected chi connectivity index (χ4v) is 2.19. The Hall–Kier alpha value is -0.610. The molecule has 1 rings (SSSR count). The van der Waals surface area contributed by atoms with Gasteiger partial charge in [0, 0.05) is 20.5 Å². The molecule has 0 aromatic rings. The number of rotatable bonds is 5. The minimum absolute atomic E-state index is 0.234. The maximum atomic E-state index is 10.9. The first kappa shape index (κ1) is 14.5. The summed E-state index contributed by atoms with van der Waals surface area (Å²) in [6.07, 6.45) is 1.50. The van der Waals surface area contributed by atoms with Crippen molar-refractivity contribution in [2.24, 2.45) is 11.3 Å². The van der Waals surface area contributed by atoms with Crippen molar-refractivity contribution in [1.29, 1.82) is 0 Å². The fourth-order valence-electron chi connectivity index (χ4n) is 2.19. The Labute approximate surface area is 104 Å². The summed E-state index contributed by atoms with van der Waals surface area (Å²) in [5, 5.41) is 0. The molecule has 0 bridgehead atoms. The highest BCUT2D eigenvalue weighted by Gasteiger charge is 2.35. The molecule has 4 nitrogen and oxygen atoms in total. The lowest BCUT2D eigenvalue weighted by Crippen LogP contribution is -2.27. The van der Waals surface area contributed by atoms with Gasteiger partial charge in [0.25, 0.3) is 0 Å². The van der Waals surface area contributed by atoms with E-state index >= 15 is 0 Å². The van der Waals surface area contributed by atoms with Gasteiger partial charge in [-0.15, -0.1) is 0 Å². The van der Waals surface area contributed by atoms with Crippen molar-refractivity contribution in [2.75, 3.05) is 13.7 Å². The number of esters is 1. The zero-order chi connectivity index (χ0) is 13.1. The molecule has 1 saturated heterocycles.